The third kappa shape index (κ3) is 5.24. The van der Waals surface area contributed by atoms with Gasteiger partial charge in [0.2, 0.25) is 0 Å². The fourth-order valence-electron chi connectivity index (χ4n) is 3.00. The van der Waals surface area contributed by atoms with Crippen molar-refractivity contribution in [3.63, 3.8) is 0 Å². The molecule has 5 heteroatoms. The quantitative estimate of drug-likeness (QED) is 0.426. The standard InChI is InChI=1S/C24H22O5/c1-28-16-21(24(26)27)20-12-5-6-13-23(20)29-19-11-7-8-17(14-19)15-22(25)18-9-3-2-4-10-18/h2-14,16,22,25H,15H2,1H3,(H,26,27)/b21-16+. The normalized spacial score (nSPS) is 12.3. The summed E-state index contributed by atoms with van der Waals surface area (Å²) < 4.78 is 10.9. The maximum absolute atomic E-state index is 11.6. The minimum absolute atomic E-state index is 0.00115. The number of hydrogen-bond donors (Lipinski definition) is 2. The summed E-state index contributed by atoms with van der Waals surface area (Å²) in [5.74, 6) is -0.154. The number of aliphatic carboxylic acids is 1. The van der Waals surface area contributed by atoms with Crippen LogP contribution in [0.2, 0.25) is 0 Å². The first-order valence-electron chi connectivity index (χ1n) is 9.14. The minimum Gasteiger partial charge on any atom is -0.503 e. The summed E-state index contributed by atoms with van der Waals surface area (Å²) in [7, 11) is 1.40. The van der Waals surface area contributed by atoms with Crippen LogP contribution in [0.25, 0.3) is 5.57 Å². The van der Waals surface area contributed by atoms with E-state index in [0.29, 0.717) is 23.5 Å². The van der Waals surface area contributed by atoms with E-state index in [1.54, 1.807) is 30.3 Å². The van der Waals surface area contributed by atoms with Crippen molar-refractivity contribution in [2.24, 2.45) is 0 Å². The molecule has 29 heavy (non-hydrogen) atoms. The molecule has 0 aliphatic heterocycles. The Balaban J connectivity index is 1.83. The molecule has 0 saturated heterocycles. The molecule has 0 aliphatic carbocycles. The number of rotatable bonds is 8. The van der Waals surface area contributed by atoms with Gasteiger partial charge in [0, 0.05) is 12.0 Å². The summed E-state index contributed by atoms with van der Waals surface area (Å²) in [4.78, 5) is 11.6. The Morgan fingerprint density at radius 3 is 2.45 bits per heavy atom. The average molecular weight is 390 g/mol. The van der Waals surface area contributed by atoms with Crippen molar-refractivity contribution >= 4 is 11.5 Å². The predicted octanol–water partition coefficient (Wildman–Crippen LogP) is 4.83. The fraction of sp³-hybridized carbons (Fsp3) is 0.125. The highest BCUT2D eigenvalue weighted by atomic mass is 16.5. The lowest BCUT2D eigenvalue weighted by Crippen LogP contribution is -2.03. The Labute approximate surface area is 169 Å². The van der Waals surface area contributed by atoms with Crippen LogP contribution in [-0.2, 0) is 16.0 Å². The second-order valence-corrected chi connectivity index (χ2v) is 6.45. The molecule has 0 heterocycles. The Morgan fingerprint density at radius 1 is 1.00 bits per heavy atom. The first-order chi connectivity index (χ1) is 14.1. The van der Waals surface area contributed by atoms with Gasteiger partial charge in [-0.05, 0) is 29.3 Å². The van der Waals surface area contributed by atoms with E-state index < -0.39 is 12.1 Å². The fourth-order valence-corrected chi connectivity index (χ4v) is 3.00. The molecular weight excluding hydrogens is 368 g/mol. The van der Waals surface area contributed by atoms with E-state index in [-0.39, 0.29) is 5.57 Å². The Kier molecular flexibility index (Phi) is 6.66. The lowest BCUT2D eigenvalue weighted by molar-refractivity contribution is -0.130. The molecule has 3 aromatic rings. The molecular formula is C24H22O5. The molecule has 1 unspecified atom stereocenters. The maximum atomic E-state index is 11.6. The molecule has 0 spiro atoms. The van der Waals surface area contributed by atoms with E-state index in [0.717, 1.165) is 11.1 Å². The molecule has 5 nitrogen and oxygen atoms in total. The van der Waals surface area contributed by atoms with Crippen molar-refractivity contribution in [1.29, 1.82) is 0 Å². The van der Waals surface area contributed by atoms with Crippen molar-refractivity contribution in [2.45, 2.75) is 12.5 Å². The van der Waals surface area contributed by atoms with Crippen molar-refractivity contribution in [1.82, 2.24) is 0 Å². The monoisotopic (exact) mass is 390 g/mol. The highest BCUT2D eigenvalue weighted by Crippen LogP contribution is 2.31. The van der Waals surface area contributed by atoms with E-state index in [9.17, 15) is 15.0 Å². The number of aliphatic hydroxyl groups excluding tert-OH is 1. The van der Waals surface area contributed by atoms with Gasteiger partial charge in [-0.3, -0.25) is 0 Å². The summed E-state index contributed by atoms with van der Waals surface area (Å²) in [6, 6.07) is 23.7. The Morgan fingerprint density at radius 2 is 1.72 bits per heavy atom. The van der Waals surface area contributed by atoms with Gasteiger partial charge in [0.05, 0.1) is 19.5 Å². The lowest BCUT2D eigenvalue weighted by atomic mass is 10.0. The highest BCUT2D eigenvalue weighted by Gasteiger charge is 2.17. The van der Waals surface area contributed by atoms with Gasteiger partial charge in [-0.1, -0.05) is 60.7 Å². The number of benzene rings is 3. The molecule has 3 rings (SSSR count). The zero-order valence-electron chi connectivity index (χ0n) is 16.0. The third-order valence-corrected chi connectivity index (χ3v) is 4.38. The SMILES string of the molecule is CO/C=C(/C(=O)O)c1ccccc1Oc1cccc(CC(O)c2ccccc2)c1. The van der Waals surface area contributed by atoms with E-state index in [1.165, 1.54) is 13.4 Å². The Bertz CT molecular complexity index is 995. The van der Waals surface area contributed by atoms with Crippen molar-refractivity contribution in [3.8, 4) is 11.5 Å². The van der Waals surface area contributed by atoms with E-state index in [4.69, 9.17) is 9.47 Å². The van der Waals surface area contributed by atoms with Crippen LogP contribution in [0.3, 0.4) is 0 Å². The second-order valence-electron chi connectivity index (χ2n) is 6.45. The van der Waals surface area contributed by atoms with E-state index in [2.05, 4.69) is 0 Å². The minimum atomic E-state index is -1.11. The first-order valence-corrected chi connectivity index (χ1v) is 9.14. The van der Waals surface area contributed by atoms with Crippen molar-refractivity contribution in [3.05, 3.63) is 102 Å². The zero-order valence-corrected chi connectivity index (χ0v) is 16.0. The van der Waals surface area contributed by atoms with E-state index in [1.807, 2.05) is 48.5 Å². The third-order valence-electron chi connectivity index (χ3n) is 4.38. The van der Waals surface area contributed by atoms with Crippen molar-refractivity contribution in [2.75, 3.05) is 7.11 Å². The van der Waals surface area contributed by atoms with Crippen LogP contribution in [0.5, 0.6) is 11.5 Å². The number of carboxylic acids is 1. The lowest BCUT2D eigenvalue weighted by Gasteiger charge is -2.14. The molecule has 0 amide bonds. The van der Waals surface area contributed by atoms with Crippen molar-refractivity contribution < 1.29 is 24.5 Å². The molecule has 0 fully saturated rings. The highest BCUT2D eigenvalue weighted by molar-refractivity contribution is 6.15. The number of hydrogen-bond acceptors (Lipinski definition) is 4. The summed E-state index contributed by atoms with van der Waals surface area (Å²) in [5.41, 5.74) is 2.16. The smallest absolute Gasteiger partial charge is 0.339 e. The van der Waals surface area contributed by atoms with Gasteiger partial charge < -0.3 is 19.7 Å². The maximum Gasteiger partial charge on any atom is 0.339 e. The molecule has 0 aromatic heterocycles. The number of carboxylic acid groups (broad SMARTS) is 1. The van der Waals surface area contributed by atoms with Crippen LogP contribution in [-0.4, -0.2) is 23.3 Å². The number of aliphatic hydroxyl groups is 1. The average Bonchev–Trinajstić information content (AvgIpc) is 2.73. The Hall–Kier alpha value is -3.57. The van der Waals surface area contributed by atoms with Crippen LogP contribution in [0, 0.1) is 0 Å². The van der Waals surface area contributed by atoms with Gasteiger partial charge in [0.1, 0.15) is 17.1 Å². The largest absolute Gasteiger partial charge is 0.503 e. The molecule has 3 aromatic carbocycles. The molecule has 1 atom stereocenters. The van der Waals surface area contributed by atoms with Gasteiger partial charge in [0.25, 0.3) is 0 Å². The summed E-state index contributed by atoms with van der Waals surface area (Å²) >= 11 is 0. The van der Waals surface area contributed by atoms with Gasteiger partial charge in [-0.2, -0.15) is 0 Å². The van der Waals surface area contributed by atoms with Crippen LogP contribution in [0.15, 0.2) is 85.1 Å². The summed E-state index contributed by atoms with van der Waals surface area (Å²) in [5, 5.41) is 19.9. The molecule has 0 saturated carbocycles. The molecule has 0 aliphatic rings. The van der Waals surface area contributed by atoms with Crippen LogP contribution < -0.4 is 4.74 Å². The van der Waals surface area contributed by atoms with E-state index >= 15 is 0 Å². The van der Waals surface area contributed by atoms with Crippen LogP contribution in [0.4, 0.5) is 0 Å². The molecule has 0 radical (unpaired) electrons. The number of ether oxygens (including phenoxy) is 2. The van der Waals surface area contributed by atoms with Gasteiger partial charge in [-0.15, -0.1) is 0 Å². The first kappa shape index (κ1) is 20.2. The zero-order chi connectivity index (χ0) is 20.6. The number of methoxy groups -OCH3 is 1. The number of carbonyl (C=O) groups is 1. The molecule has 148 valence electrons. The van der Waals surface area contributed by atoms with Gasteiger partial charge in [-0.25, -0.2) is 4.79 Å². The summed E-state index contributed by atoms with van der Waals surface area (Å²) in [6.45, 7) is 0. The van der Waals surface area contributed by atoms with Crippen LogP contribution >= 0.6 is 0 Å². The molecule has 2 N–H and O–H groups in total. The predicted molar refractivity (Wildman–Crippen MR) is 111 cm³/mol. The topological polar surface area (TPSA) is 76.0 Å². The summed E-state index contributed by atoms with van der Waals surface area (Å²) in [6.07, 6.45) is 0.992. The van der Waals surface area contributed by atoms with Crippen LogP contribution in [0.1, 0.15) is 22.8 Å². The van der Waals surface area contributed by atoms with Gasteiger partial charge >= 0.3 is 5.97 Å². The molecule has 0 bridgehead atoms. The number of para-hydroxylation sites is 1. The van der Waals surface area contributed by atoms with Gasteiger partial charge in [0.15, 0.2) is 0 Å². The second kappa shape index (κ2) is 9.57.